The van der Waals surface area contributed by atoms with Gasteiger partial charge in [0.25, 0.3) is 0 Å². The molecule has 0 N–H and O–H groups in total. The van der Waals surface area contributed by atoms with E-state index in [9.17, 15) is 0 Å². The summed E-state index contributed by atoms with van der Waals surface area (Å²) in [6, 6.07) is 9.21. The van der Waals surface area contributed by atoms with Crippen LogP contribution in [0.2, 0.25) is 5.02 Å². The summed E-state index contributed by atoms with van der Waals surface area (Å²) >= 11 is 5.75. The van der Waals surface area contributed by atoms with Crippen LogP contribution in [0.25, 0.3) is 5.76 Å². The summed E-state index contributed by atoms with van der Waals surface area (Å²) in [5, 5.41) is 9.06. The summed E-state index contributed by atoms with van der Waals surface area (Å²) in [4.78, 5) is 0. The van der Waals surface area contributed by atoms with E-state index < -0.39 is 0 Å². The van der Waals surface area contributed by atoms with Crippen LogP contribution in [-0.4, -0.2) is 6.61 Å². The van der Waals surface area contributed by atoms with E-state index in [2.05, 4.69) is 0 Å². The summed E-state index contributed by atoms with van der Waals surface area (Å²) in [6.07, 6.45) is 1.82. The number of hydrogen-bond donors (Lipinski definition) is 0. The van der Waals surface area contributed by atoms with Gasteiger partial charge in [-0.2, -0.15) is 5.26 Å². The normalized spacial score (nSPS) is 10.8. The minimum Gasteiger partial charge on any atom is -0.478 e. The number of halogens is 1. The van der Waals surface area contributed by atoms with E-state index in [4.69, 9.17) is 21.6 Å². The molecule has 1 aromatic rings. The highest BCUT2D eigenvalue weighted by Crippen LogP contribution is 2.18. The highest BCUT2D eigenvalue weighted by atomic mass is 35.5. The van der Waals surface area contributed by atoms with Crippen LogP contribution in [0, 0.1) is 11.3 Å². The summed E-state index contributed by atoms with van der Waals surface area (Å²) in [6.45, 7) is 1.92. The van der Waals surface area contributed by atoms with Gasteiger partial charge >= 0.3 is 0 Å². The van der Waals surface area contributed by atoms with Crippen LogP contribution in [-0.2, 0) is 4.74 Å². The monoisotopic (exact) mass is 207 g/mol. The smallest absolute Gasteiger partial charge is 0.174 e. The van der Waals surface area contributed by atoms with Crippen LogP contribution in [0.3, 0.4) is 0 Å². The number of allylic oxidation sites excluding steroid dienone is 1. The second-order valence-electron chi connectivity index (χ2n) is 2.61. The maximum absolute atomic E-state index is 8.38. The van der Waals surface area contributed by atoms with Gasteiger partial charge in [0, 0.05) is 10.6 Å². The fraction of sp³-hybridized carbons (Fsp3) is 0.182. The highest BCUT2D eigenvalue weighted by Gasteiger charge is 2.00. The van der Waals surface area contributed by atoms with Crippen molar-refractivity contribution >= 4 is 17.4 Å². The largest absolute Gasteiger partial charge is 0.478 e. The molecule has 0 fully saturated rings. The molecule has 0 atom stereocenters. The fourth-order valence-corrected chi connectivity index (χ4v) is 1.18. The average Bonchev–Trinajstić information content (AvgIpc) is 2.21. The molecule has 14 heavy (non-hydrogen) atoms. The third-order valence-corrected chi connectivity index (χ3v) is 1.94. The van der Waals surface area contributed by atoms with Crippen molar-refractivity contribution in [3.63, 3.8) is 0 Å². The molecular formula is C11H10ClNO. The van der Waals surface area contributed by atoms with Gasteiger partial charge in [-0.15, -0.1) is 0 Å². The lowest BCUT2D eigenvalue weighted by Crippen LogP contribution is -1.91. The lowest BCUT2D eigenvalue weighted by atomic mass is 10.2. The predicted octanol–water partition coefficient (Wildman–Crippen LogP) is 3.24. The molecule has 0 unspecified atom stereocenters. The van der Waals surface area contributed by atoms with Crippen molar-refractivity contribution in [3.05, 3.63) is 40.9 Å². The van der Waals surface area contributed by atoms with Gasteiger partial charge in [-0.1, -0.05) is 11.6 Å². The second kappa shape index (κ2) is 5.31. The Balaban J connectivity index is 2.81. The Morgan fingerprint density at radius 1 is 1.50 bits per heavy atom. The maximum Gasteiger partial charge on any atom is 0.174 e. The van der Waals surface area contributed by atoms with Crippen molar-refractivity contribution in [1.82, 2.24) is 0 Å². The molecule has 0 saturated carbocycles. The quantitative estimate of drug-likeness (QED) is 0.713. The zero-order valence-corrected chi connectivity index (χ0v) is 8.58. The van der Waals surface area contributed by atoms with E-state index in [0.29, 0.717) is 10.8 Å². The average molecular weight is 208 g/mol. The highest BCUT2D eigenvalue weighted by molar-refractivity contribution is 6.30. The number of nitrogens with zero attached hydrogens (tertiary/aromatic N) is 1. The molecule has 0 aromatic heterocycles. The predicted molar refractivity (Wildman–Crippen MR) is 56.7 cm³/mol. The minimum absolute atomic E-state index is 0.0578. The van der Waals surface area contributed by atoms with Crippen LogP contribution in [0.4, 0.5) is 0 Å². The molecule has 0 aliphatic rings. The van der Waals surface area contributed by atoms with Gasteiger partial charge in [-0.25, -0.2) is 0 Å². The molecule has 3 heteroatoms. The van der Waals surface area contributed by atoms with Crippen LogP contribution in [0.5, 0.6) is 0 Å². The molecule has 72 valence electrons. The number of benzene rings is 1. The molecule has 0 heterocycles. The van der Waals surface area contributed by atoms with Crippen LogP contribution >= 0.6 is 11.6 Å². The molecule has 2 nitrogen and oxygen atoms in total. The van der Waals surface area contributed by atoms with Crippen LogP contribution in [0.1, 0.15) is 12.5 Å². The van der Waals surface area contributed by atoms with E-state index in [0.717, 1.165) is 5.56 Å². The van der Waals surface area contributed by atoms with Gasteiger partial charge in [-0.05, 0) is 37.3 Å². The maximum atomic E-state index is 8.38. The molecule has 0 amide bonds. The summed E-state index contributed by atoms with van der Waals surface area (Å²) < 4.78 is 5.22. The second-order valence-corrected chi connectivity index (χ2v) is 3.04. The Morgan fingerprint density at radius 3 is 2.64 bits per heavy atom. The minimum atomic E-state index is 0.0578. The van der Waals surface area contributed by atoms with Crippen molar-refractivity contribution < 1.29 is 4.74 Å². The fourth-order valence-electron chi connectivity index (χ4n) is 1.06. The van der Waals surface area contributed by atoms with Gasteiger partial charge in [0.1, 0.15) is 11.8 Å². The van der Waals surface area contributed by atoms with Crippen LogP contribution < -0.4 is 0 Å². The molecule has 1 aromatic carbocycles. The Bertz CT molecular complexity index is 362. The van der Waals surface area contributed by atoms with Gasteiger partial charge in [0.15, 0.2) is 6.61 Å². The van der Waals surface area contributed by atoms with E-state index in [1.54, 1.807) is 12.1 Å². The van der Waals surface area contributed by atoms with Crippen LogP contribution in [0.15, 0.2) is 30.3 Å². The molecular weight excluding hydrogens is 198 g/mol. The van der Waals surface area contributed by atoms with Gasteiger partial charge in [-0.3, -0.25) is 0 Å². The summed E-state index contributed by atoms with van der Waals surface area (Å²) in [7, 11) is 0. The van der Waals surface area contributed by atoms with Gasteiger partial charge in [0.05, 0.1) is 0 Å². The first kappa shape index (κ1) is 10.6. The summed E-state index contributed by atoms with van der Waals surface area (Å²) in [5.74, 6) is 0.697. The zero-order valence-electron chi connectivity index (χ0n) is 7.83. The van der Waals surface area contributed by atoms with E-state index in [1.807, 2.05) is 31.2 Å². The van der Waals surface area contributed by atoms with Gasteiger partial charge in [0.2, 0.25) is 0 Å². The zero-order chi connectivity index (χ0) is 10.4. The van der Waals surface area contributed by atoms with E-state index >= 15 is 0 Å². The summed E-state index contributed by atoms with van der Waals surface area (Å²) in [5.41, 5.74) is 0.923. The Hall–Kier alpha value is -1.46. The first-order valence-corrected chi connectivity index (χ1v) is 4.57. The topological polar surface area (TPSA) is 33.0 Å². The molecule has 0 saturated heterocycles. The van der Waals surface area contributed by atoms with Crippen molar-refractivity contribution in [2.75, 3.05) is 6.61 Å². The number of rotatable bonds is 3. The molecule has 0 aliphatic heterocycles. The number of nitriles is 1. The lowest BCUT2D eigenvalue weighted by Gasteiger charge is -2.06. The molecule has 1 rings (SSSR count). The standard InChI is InChI=1S/C11H10ClNO/c1-2-11(14-8-7-13)9-3-5-10(12)6-4-9/h2-6H,8H2,1H3/b11-2-. The number of hydrogen-bond acceptors (Lipinski definition) is 2. The SMILES string of the molecule is C/C=C(\OCC#N)c1ccc(Cl)cc1. The van der Waals surface area contributed by atoms with Crippen molar-refractivity contribution in [3.8, 4) is 6.07 Å². The van der Waals surface area contributed by atoms with Gasteiger partial charge < -0.3 is 4.74 Å². The van der Waals surface area contributed by atoms with Crippen molar-refractivity contribution in [2.24, 2.45) is 0 Å². The lowest BCUT2D eigenvalue weighted by molar-refractivity contribution is 0.324. The van der Waals surface area contributed by atoms with E-state index in [-0.39, 0.29) is 6.61 Å². The molecule has 0 bridgehead atoms. The number of ether oxygens (including phenoxy) is 1. The third-order valence-electron chi connectivity index (χ3n) is 1.68. The Morgan fingerprint density at radius 2 is 2.14 bits per heavy atom. The molecule has 0 spiro atoms. The van der Waals surface area contributed by atoms with E-state index in [1.165, 1.54) is 0 Å². The molecule has 0 aliphatic carbocycles. The Kier molecular flexibility index (Phi) is 4.03. The third kappa shape index (κ3) is 2.79. The first-order chi connectivity index (χ1) is 6.77. The molecule has 0 radical (unpaired) electrons. The van der Waals surface area contributed by atoms with Crippen molar-refractivity contribution in [2.45, 2.75) is 6.92 Å². The Labute approximate surface area is 88.4 Å². The first-order valence-electron chi connectivity index (χ1n) is 4.20. The van der Waals surface area contributed by atoms with Crippen molar-refractivity contribution in [1.29, 1.82) is 5.26 Å².